The monoisotopic (exact) mass is 252 g/mol. The van der Waals surface area contributed by atoms with E-state index in [9.17, 15) is 18.0 Å². The number of ketones is 1. The Labute approximate surface area is 95.0 Å². The third kappa shape index (κ3) is 2.96. The van der Waals surface area contributed by atoms with Crippen LogP contribution in [-0.2, 0) is 10.9 Å². The number of Topliss-reactive ketones (excluding diaryl/α,β-unsaturated/α-hetero) is 1. The van der Waals surface area contributed by atoms with Gasteiger partial charge in [0.05, 0.1) is 10.6 Å². The third-order valence-corrected chi connectivity index (χ3v) is 2.20. The van der Waals surface area contributed by atoms with Crippen molar-refractivity contribution in [1.82, 2.24) is 0 Å². The van der Waals surface area contributed by atoms with Gasteiger partial charge < -0.3 is 4.74 Å². The maximum Gasteiger partial charge on any atom is 0.416 e. The molecule has 0 radical (unpaired) electrons. The summed E-state index contributed by atoms with van der Waals surface area (Å²) in [6, 6.07) is 2.60. The fourth-order valence-electron chi connectivity index (χ4n) is 1.12. The van der Waals surface area contributed by atoms with Crippen molar-refractivity contribution in [1.29, 1.82) is 0 Å². The van der Waals surface area contributed by atoms with Crippen LogP contribution in [0.4, 0.5) is 13.2 Å². The van der Waals surface area contributed by atoms with Crippen molar-refractivity contribution in [3.05, 3.63) is 34.3 Å². The highest BCUT2D eigenvalue weighted by Crippen LogP contribution is 2.31. The average Bonchev–Trinajstić information content (AvgIpc) is 2.16. The number of hydrogen-bond donors (Lipinski definition) is 0. The lowest BCUT2D eigenvalue weighted by molar-refractivity contribution is -0.137. The van der Waals surface area contributed by atoms with Crippen LogP contribution in [0.25, 0.3) is 0 Å². The van der Waals surface area contributed by atoms with Crippen molar-refractivity contribution >= 4 is 17.4 Å². The van der Waals surface area contributed by atoms with Crippen LogP contribution in [-0.4, -0.2) is 19.5 Å². The molecule has 0 amide bonds. The number of carbonyl (C=O) groups excluding carboxylic acids is 1. The van der Waals surface area contributed by atoms with Crippen LogP contribution >= 0.6 is 11.6 Å². The molecule has 0 unspecified atom stereocenters. The molecule has 6 heteroatoms. The molecule has 16 heavy (non-hydrogen) atoms. The van der Waals surface area contributed by atoms with Crippen molar-refractivity contribution in [3.8, 4) is 0 Å². The molecule has 0 heterocycles. The van der Waals surface area contributed by atoms with E-state index in [2.05, 4.69) is 4.74 Å². The van der Waals surface area contributed by atoms with E-state index in [-0.39, 0.29) is 17.2 Å². The molecule has 0 N–H and O–H groups in total. The first kappa shape index (κ1) is 13.0. The number of ether oxygens (including phenoxy) is 1. The maximum atomic E-state index is 12.4. The van der Waals surface area contributed by atoms with Crippen LogP contribution in [0, 0.1) is 0 Å². The van der Waals surface area contributed by atoms with Gasteiger partial charge in [0.15, 0.2) is 5.78 Å². The zero-order valence-corrected chi connectivity index (χ0v) is 9.02. The smallest absolute Gasteiger partial charge is 0.377 e. The number of halogens is 4. The van der Waals surface area contributed by atoms with Crippen molar-refractivity contribution < 1.29 is 22.7 Å². The first-order valence-electron chi connectivity index (χ1n) is 4.25. The molecule has 88 valence electrons. The van der Waals surface area contributed by atoms with Gasteiger partial charge in [0, 0.05) is 12.7 Å². The zero-order valence-electron chi connectivity index (χ0n) is 8.27. The number of alkyl halides is 3. The Morgan fingerprint density at radius 3 is 2.56 bits per heavy atom. The van der Waals surface area contributed by atoms with Crippen molar-refractivity contribution in [3.63, 3.8) is 0 Å². The Kier molecular flexibility index (Phi) is 3.93. The molecular formula is C10H8ClF3O2. The second kappa shape index (κ2) is 4.84. The SMILES string of the molecule is COCC(=O)c1cc(C(F)(F)F)ccc1Cl. The molecule has 0 aromatic heterocycles. The molecule has 1 aromatic carbocycles. The minimum Gasteiger partial charge on any atom is -0.377 e. The molecule has 0 atom stereocenters. The van der Waals surface area contributed by atoms with E-state index < -0.39 is 17.5 Å². The summed E-state index contributed by atoms with van der Waals surface area (Å²) in [5.41, 5.74) is -1.09. The van der Waals surface area contributed by atoms with E-state index in [1.807, 2.05) is 0 Å². The molecule has 0 aliphatic heterocycles. The number of methoxy groups -OCH3 is 1. The largest absolute Gasteiger partial charge is 0.416 e. The molecule has 0 aliphatic rings. The Bertz CT molecular complexity index is 402. The van der Waals surface area contributed by atoms with Crippen molar-refractivity contribution in [2.75, 3.05) is 13.7 Å². The van der Waals surface area contributed by atoms with Gasteiger partial charge in [-0.1, -0.05) is 11.6 Å². The molecule has 0 fully saturated rings. The quantitative estimate of drug-likeness (QED) is 0.773. The predicted molar refractivity (Wildman–Crippen MR) is 52.7 cm³/mol. The molecule has 1 rings (SSSR count). The molecule has 0 saturated carbocycles. The van der Waals surface area contributed by atoms with E-state index >= 15 is 0 Å². The lowest BCUT2D eigenvalue weighted by Crippen LogP contribution is -2.11. The first-order chi connectivity index (χ1) is 7.36. The summed E-state index contributed by atoms with van der Waals surface area (Å²) in [5, 5.41) is -0.0185. The number of carbonyl (C=O) groups is 1. The predicted octanol–water partition coefficient (Wildman–Crippen LogP) is 3.19. The first-order valence-corrected chi connectivity index (χ1v) is 4.63. The summed E-state index contributed by atoms with van der Waals surface area (Å²) in [6.07, 6.45) is -4.49. The summed E-state index contributed by atoms with van der Waals surface area (Å²) in [5.74, 6) is -0.585. The molecular weight excluding hydrogens is 245 g/mol. The van der Waals surface area contributed by atoms with E-state index in [0.29, 0.717) is 0 Å². The second-order valence-electron chi connectivity index (χ2n) is 3.05. The van der Waals surface area contributed by atoms with Crippen molar-refractivity contribution in [2.45, 2.75) is 6.18 Å². The van der Waals surface area contributed by atoms with Gasteiger partial charge in [-0.15, -0.1) is 0 Å². The van der Waals surface area contributed by atoms with E-state index in [1.54, 1.807) is 0 Å². The minimum absolute atomic E-state index is 0.0185. The summed E-state index contributed by atoms with van der Waals surface area (Å²) in [7, 11) is 1.28. The number of rotatable bonds is 3. The zero-order chi connectivity index (χ0) is 12.3. The lowest BCUT2D eigenvalue weighted by atomic mass is 10.1. The summed E-state index contributed by atoms with van der Waals surface area (Å²) in [6.45, 7) is -0.305. The van der Waals surface area contributed by atoms with Gasteiger partial charge in [0.1, 0.15) is 6.61 Å². The topological polar surface area (TPSA) is 26.3 Å². The normalized spacial score (nSPS) is 11.6. The number of hydrogen-bond acceptors (Lipinski definition) is 2. The van der Waals surface area contributed by atoms with Crippen LogP contribution in [0.5, 0.6) is 0 Å². The average molecular weight is 253 g/mol. The maximum absolute atomic E-state index is 12.4. The van der Waals surface area contributed by atoms with E-state index in [0.717, 1.165) is 18.2 Å². The number of benzene rings is 1. The molecule has 0 saturated heterocycles. The fourth-order valence-corrected chi connectivity index (χ4v) is 1.35. The molecule has 0 aliphatic carbocycles. The standard InChI is InChI=1S/C10H8ClF3O2/c1-16-5-9(15)7-4-6(10(12,13)14)2-3-8(7)11/h2-4H,5H2,1H3. The minimum atomic E-state index is -4.49. The van der Waals surface area contributed by atoms with Crippen molar-refractivity contribution in [2.24, 2.45) is 0 Å². The highest BCUT2D eigenvalue weighted by atomic mass is 35.5. The van der Waals surface area contributed by atoms with Gasteiger partial charge in [0.2, 0.25) is 0 Å². The van der Waals surface area contributed by atoms with Crippen LogP contribution in [0.15, 0.2) is 18.2 Å². The Morgan fingerprint density at radius 2 is 2.06 bits per heavy atom. The van der Waals surface area contributed by atoms with Crippen LogP contribution < -0.4 is 0 Å². The Hall–Kier alpha value is -1.07. The van der Waals surface area contributed by atoms with Gasteiger partial charge in [-0.25, -0.2) is 0 Å². The third-order valence-electron chi connectivity index (χ3n) is 1.87. The van der Waals surface area contributed by atoms with Crippen LogP contribution in [0.1, 0.15) is 15.9 Å². The van der Waals surface area contributed by atoms with Gasteiger partial charge >= 0.3 is 6.18 Å². The Morgan fingerprint density at radius 1 is 1.44 bits per heavy atom. The highest BCUT2D eigenvalue weighted by molar-refractivity contribution is 6.34. The van der Waals surface area contributed by atoms with Gasteiger partial charge in [-0.2, -0.15) is 13.2 Å². The molecule has 0 bridgehead atoms. The summed E-state index contributed by atoms with van der Waals surface area (Å²) < 4.78 is 41.6. The fraction of sp³-hybridized carbons (Fsp3) is 0.300. The van der Waals surface area contributed by atoms with Crippen LogP contribution in [0.2, 0.25) is 5.02 Å². The molecule has 0 spiro atoms. The summed E-state index contributed by atoms with van der Waals surface area (Å²) in [4.78, 5) is 11.4. The van der Waals surface area contributed by atoms with Gasteiger partial charge in [-0.05, 0) is 18.2 Å². The van der Waals surface area contributed by atoms with Crippen LogP contribution in [0.3, 0.4) is 0 Å². The lowest BCUT2D eigenvalue weighted by Gasteiger charge is -2.09. The van der Waals surface area contributed by atoms with E-state index in [1.165, 1.54) is 7.11 Å². The van der Waals surface area contributed by atoms with Gasteiger partial charge in [-0.3, -0.25) is 4.79 Å². The van der Waals surface area contributed by atoms with E-state index in [4.69, 9.17) is 11.6 Å². The van der Waals surface area contributed by atoms with Gasteiger partial charge in [0.25, 0.3) is 0 Å². The second-order valence-corrected chi connectivity index (χ2v) is 3.46. The summed E-state index contributed by atoms with van der Waals surface area (Å²) >= 11 is 5.63. The Balaban J connectivity index is 3.14. The molecule has 2 nitrogen and oxygen atoms in total. The highest BCUT2D eigenvalue weighted by Gasteiger charge is 2.31. The molecule has 1 aromatic rings.